The van der Waals surface area contributed by atoms with E-state index in [2.05, 4.69) is 38.2 Å². The maximum Gasteiger partial charge on any atom is 0.306 e. The first-order chi connectivity index (χ1) is 40.9. The number of carbonyl (C=O) groups excluding carboxylic acids is 2. The first kappa shape index (κ1) is 82.5. The zero-order valence-electron chi connectivity index (χ0n) is 57.1. The molecule has 0 bridgehead atoms. The van der Waals surface area contributed by atoms with E-state index in [4.69, 9.17) is 13.8 Å². The summed E-state index contributed by atoms with van der Waals surface area (Å²) >= 11 is 0. The van der Waals surface area contributed by atoms with Gasteiger partial charge in [0, 0.05) is 12.8 Å². The van der Waals surface area contributed by atoms with Crippen LogP contribution in [0, 0.1) is 0 Å². The molecule has 0 saturated heterocycles. The maximum absolute atomic E-state index is 13.6. The van der Waals surface area contributed by atoms with Gasteiger partial charge in [0.05, 0.1) is 33.8 Å². The minimum Gasteiger partial charge on any atom is -0.756 e. The third-order valence-electron chi connectivity index (χ3n) is 17.1. The molecule has 0 spiro atoms. The molecule has 0 saturated carbocycles. The van der Waals surface area contributed by atoms with Gasteiger partial charge in [-0.15, -0.1) is 0 Å². The van der Waals surface area contributed by atoms with E-state index in [0.29, 0.717) is 17.4 Å². The molecular formula is C74H145N2O7P. The number of phosphoric acid groups is 1. The van der Waals surface area contributed by atoms with E-state index in [0.717, 1.165) is 57.8 Å². The molecule has 0 aliphatic heterocycles. The maximum atomic E-state index is 13.6. The van der Waals surface area contributed by atoms with Crippen LogP contribution in [0.4, 0.5) is 0 Å². The van der Waals surface area contributed by atoms with Crippen molar-refractivity contribution in [1.29, 1.82) is 0 Å². The quantitative estimate of drug-likeness (QED) is 0.0212. The van der Waals surface area contributed by atoms with Gasteiger partial charge in [-0.1, -0.05) is 341 Å². The monoisotopic (exact) mass is 1210 g/mol. The van der Waals surface area contributed by atoms with E-state index in [-0.39, 0.29) is 31.5 Å². The Morgan fingerprint density at radius 1 is 0.405 bits per heavy atom. The minimum absolute atomic E-state index is 0.0187. The number of hydrogen-bond donors (Lipinski definition) is 1. The van der Waals surface area contributed by atoms with Gasteiger partial charge in [0.25, 0.3) is 7.82 Å². The predicted octanol–water partition coefficient (Wildman–Crippen LogP) is 23.0. The molecule has 0 heterocycles. The van der Waals surface area contributed by atoms with E-state index in [9.17, 15) is 19.0 Å². The molecule has 1 amide bonds. The molecule has 84 heavy (non-hydrogen) atoms. The van der Waals surface area contributed by atoms with Gasteiger partial charge in [-0.05, 0) is 57.4 Å². The van der Waals surface area contributed by atoms with Crippen LogP contribution in [0.15, 0.2) is 24.3 Å². The Morgan fingerprint density at radius 3 is 1.01 bits per heavy atom. The third-order valence-corrected chi connectivity index (χ3v) is 18.1. The fourth-order valence-electron chi connectivity index (χ4n) is 11.4. The van der Waals surface area contributed by atoms with Gasteiger partial charge < -0.3 is 28.5 Å². The number of unbranched alkanes of at least 4 members (excludes halogenated alkanes) is 51. The SMILES string of the molecule is CCCCCCCC/C=C/CCCCCCCCCCCC(=O)NC(COP(=O)([O-])OCC[N+](C)(C)C)C(/C=C\CCCCCCCCCCCC)OC(=O)CCCCCCCCCCCCCCCCCCCCCCCCCCCCC. The van der Waals surface area contributed by atoms with Crippen molar-refractivity contribution >= 4 is 19.7 Å². The molecular weight excluding hydrogens is 1060 g/mol. The van der Waals surface area contributed by atoms with Gasteiger partial charge in [-0.3, -0.25) is 14.2 Å². The first-order valence-electron chi connectivity index (χ1n) is 37.1. The number of phosphoric ester groups is 1. The molecule has 1 N–H and O–H groups in total. The standard InChI is InChI=1S/C74H145N2O7P/c1-7-10-13-16-19-22-25-28-30-32-34-35-36-37-38-39-40-41-43-45-47-49-52-55-58-61-64-67-74(78)83-72(65-62-59-56-53-50-27-24-21-18-15-12-9-3)71(70-82-84(79,80)81-69-68-76(4,5)6)75-73(77)66-63-60-57-54-51-48-46-44-42-33-31-29-26-23-20-17-14-11-8-2/h29,31,62,65,71-72H,7-28,30,32-61,63-64,66-70H2,1-6H3,(H-,75,77,79,80)/b31-29+,65-62-. The van der Waals surface area contributed by atoms with Crippen molar-refractivity contribution in [2.45, 2.75) is 399 Å². The van der Waals surface area contributed by atoms with Crippen LogP contribution in [0.3, 0.4) is 0 Å². The number of allylic oxidation sites excluding steroid dienone is 3. The van der Waals surface area contributed by atoms with E-state index in [1.54, 1.807) is 0 Å². The number of ether oxygens (including phenoxy) is 1. The highest BCUT2D eigenvalue weighted by Crippen LogP contribution is 2.38. The molecule has 0 aliphatic rings. The predicted molar refractivity (Wildman–Crippen MR) is 363 cm³/mol. The highest BCUT2D eigenvalue weighted by Gasteiger charge is 2.27. The van der Waals surface area contributed by atoms with Gasteiger partial charge in [0.1, 0.15) is 19.3 Å². The molecule has 0 rings (SSSR count). The Balaban J connectivity index is 4.95. The smallest absolute Gasteiger partial charge is 0.306 e. The number of nitrogens with one attached hydrogen (secondary N) is 1. The van der Waals surface area contributed by atoms with Crippen molar-refractivity contribution in [2.24, 2.45) is 0 Å². The second kappa shape index (κ2) is 64.5. The Hall–Kier alpha value is -1.51. The lowest BCUT2D eigenvalue weighted by Crippen LogP contribution is -2.47. The van der Waals surface area contributed by atoms with Crippen molar-refractivity contribution in [1.82, 2.24) is 5.32 Å². The van der Waals surface area contributed by atoms with Crippen molar-refractivity contribution < 1.29 is 37.3 Å². The van der Waals surface area contributed by atoms with Crippen LogP contribution in [0.2, 0.25) is 0 Å². The van der Waals surface area contributed by atoms with Crippen LogP contribution in [0.5, 0.6) is 0 Å². The van der Waals surface area contributed by atoms with Gasteiger partial charge >= 0.3 is 5.97 Å². The summed E-state index contributed by atoms with van der Waals surface area (Å²) in [6, 6.07) is -0.885. The number of carbonyl (C=O) groups is 2. The number of hydrogen-bond acceptors (Lipinski definition) is 7. The van der Waals surface area contributed by atoms with Crippen LogP contribution < -0.4 is 10.2 Å². The molecule has 498 valence electrons. The summed E-state index contributed by atoms with van der Waals surface area (Å²) in [5, 5.41) is 3.05. The number of likely N-dealkylation sites (N-methyl/N-ethyl adjacent to an activating group) is 1. The van der Waals surface area contributed by atoms with Gasteiger partial charge in [-0.2, -0.15) is 0 Å². The van der Waals surface area contributed by atoms with E-state index >= 15 is 0 Å². The Labute approximate surface area is 524 Å². The Bertz CT molecular complexity index is 1480. The molecule has 0 aromatic carbocycles. The number of amides is 1. The molecule has 9 nitrogen and oxygen atoms in total. The van der Waals surface area contributed by atoms with E-state index in [1.807, 2.05) is 33.3 Å². The van der Waals surface area contributed by atoms with Crippen LogP contribution >= 0.6 is 7.82 Å². The topological polar surface area (TPSA) is 114 Å². The van der Waals surface area contributed by atoms with Crippen LogP contribution in [0.1, 0.15) is 387 Å². The highest BCUT2D eigenvalue weighted by atomic mass is 31.2. The van der Waals surface area contributed by atoms with E-state index in [1.165, 1.54) is 295 Å². The second-order valence-electron chi connectivity index (χ2n) is 26.8. The molecule has 3 unspecified atom stereocenters. The van der Waals surface area contributed by atoms with Crippen LogP contribution in [0.25, 0.3) is 0 Å². The van der Waals surface area contributed by atoms with Gasteiger partial charge in [0.2, 0.25) is 5.91 Å². The lowest BCUT2D eigenvalue weighted by Gasteiger charge is -2.30. The largest absolute Gasteiger partial charge is 0.756 e. The number of quaternary nitrogens is 1. The zero-order chi connectivity index (χ0) is 61.4. The number of esters is 1. The van der Waals surface area contributed by atoms with Crippen molar-refractivity contribution in [3.8, 4) is 0 Å². The lowest BCUT2D eigenvalue weighted by atomic mass is 10.0. The minimum atomic E-state index is -4.70. The molecule has 0 aromatic rings. The van der Waals surface area contributed by atoms with Gasteiger partial charge in [-0.25, -0.2) is 0 Å². The summed E-state index contributed by atoms with van der Waals surface area (Å²) in [6.07, 6.45) is 78.9. The lowest BCUT2D eigenvalue weighted by molar-refractivity contribution is -0.870. The summed E-state index contributed by atoms with van der Waals surface area (Å²) < 4.78 is 30.5. The number of nitrogens with zero attached hydrogens (tertiary/aromatic N) is 1. The van der Waals surface area contributed by atoms with Crippen molar-refractivity contribution in [2.75, 3.05) is 40.9 Å². The van der Waals surface area contributed by atoms with Crippen LogP contribution in [-0.2, 0) is 27.9 Å². The highest BCUT2D eigenvalue weighted by molar-refractivity contribution is 7.45. The molecule has 0 aromatic heterocycles. The summed E-state index contributed by atoms with van der Waals surface area (Å²) in [5.41, 5.74) is 0. The zero-order valence-corrected chi connectivity index (χ0v) is 58.0. The van der Waals surface area contributed by atoms with Crippen LogP contribution in [-0.4, -0.2) is 69.4 Å². The fraction of sp³-hybridized carbons (Fsp3) is 0.919. The third kappa shape index (κ3) is 64.9. The normalized spacial score (nSPS) is 13.6. The summed E-state index contributed by atoms with van der Waals surface area (Å²) in [5.74, 6) is -0.520. The molecule has 10 heteroatoms. The fourth-order valence-corrected chi connectivity index (χ4v) is 12.1. The average molecular weight is 1210 g/mol. The van der Waals surface area contributed by atoms with E-state index < -0.39 is 20.0 Å². The average Bonchev–Trinajstić information content (AvgIpc) is 3.64. The summed E-state index contributed by atoms with van der Waals surface area (Å²) in [7, 11) is 1.21. The molecule has 0 radical (unpaired) electrons. The van der Waals surface area contributed by atoms with Gasteiger partial charge in [0.15, 0.2) is 0 Å². The van der Waals surface area contributed by atoms with Crippen molar-refractivity contribution in [3.05, 3.63) is 24.3 Å². The molecule has 0 fully saturated rings. The summed E-state index contributed by atoms with van der Waals surface area (Å²) in [6.45, 7) is 6.91. The number of rotatable bonds is 69. The molecule has 3 atom stereocenters. The Kier molecular flexibility index (Phi) is 63.3. The Morgan fingerprint density at radius 2 is 0.690 bits per heavy atom. The first-order valence-corrected chi connectivity index (χ1v) is 38.6. The molecule has 0 aliphatic carbocycles. The summed E-state index contributed by atoms with van der Waals surface area (Å²) in [4.78, 5) is 40.2. The van der Waals surface area contributed by atoms with Crippen molar-refractivity contribution in [3.63, 3.8) is 0 Å². The second-order valence-corrected chi connectivity index (χ2v) is 28.2.